The largest absolute Gasteiger partial charge is 0.376 e. The molecule has 0 heterocycles. The van der Waals surface area contributed by atoms with Gasteiger partial charge >= 0.3 is 0 Å². The lowest BCUT2D eigenvalue weighted by Crippen LogP contribution is -2.09. The normalized spacial score (nSPS) is 12.7. The molecule has 0 unspecified atom stereocenters. The lowest BCUT2D eigenvalue weighted by atomic mass is 10.1. The molecule has 0 saturated heterocycles. The second kappa shape index (κ2) is 8.11. The van der Waals surface area contributed by atoms with Crippen LogP contribution in [0.1, 0.15) is 25.3 Å². The Labute approximate surface area is 106 Å². The number of halogens is 1. The zero-order valence-corrected chi connectivity index (χ0v) is 11.4. The minimum absolute atomic E-state index is 0.727. The van der Waals surface area contributed by atoms with E-state index in [4.69, 9.17) is 4.74 Å². The summed E-state index contributed by atoms with van der Waals surface area (Å²) in [4.78, 5) is 0. The van der Waals surface area contributed by atoms with Crippen molar-refractivity contribution in [2.75, 3.05) is 11.0 Å². The van der Waals surface area contributed by atoms with Gasteiger partial charge in [-0.3, -0.25) is 0 Å². The monoisotopic (exact) mass is 318 g/mol. The van der Waals surface area contributed by atoms with E-state index in [-0.39, 0.29) is 0 Å². The highest BCUT2D eigenvalue weighted by Crippen LogP contribution is 2.11. The minimum atomic E-state index is 0.727. The fourth-order valence-corrected chi connectivity index (χ4v) is 2.36. The third-order valence-corrected chi connectivity index (χ3v) is 3.18. The second-order valence-corrected chi connectivity index (χ2v) is 4.83. The maximum Gasteiger partial charge on any atom is 0.0717 e. The van der Waals surface area contributed by atoms with E-state index < -0.39 is 0 Å². The van der Waals surface area contributed by atoms with Crippen LogP contribution in [-0.2, 0) is 11.3 Å². The summed E-state index contributed by atoms with van der Waals surface area (Å²) in [5.41, 5.74) is 1.27. The van der Waals surface area contributed by atoms with Gasteiger partial charge in [0, 0.05) is 6.61 Å². The van der Waals surface area contributed by atoms with Crippen LogP contribution in [0.25, 0.3) is 0 Å². The van der Waals surface area contributed by atoms with Crippen LogP contribution in [0, 0.1) is 5.92 Å². The maximum atomic E-state index is 5.72. The van der Waals surface area contributed by atoms with Crippen molar-refractivity contribution < 1.29 is 4.74 Å². The summed E-state index contributed by atoms with van der Waals surface area (Å²) < 4.78 is 6.95. The Morgan fingerprint density at radius 2 is 2.00 bits per heavy atom. The second-order valence-electron chi connectivity index (χ2n) is 3.75. The van der Waals surface area contributed by atoms with E-state index in [0.717, 1.165) is 19.1 Å². The summed E-state index contributed by atoms with van der Waals surface area (Å²) in [6, 6.07) is 10.4. The molecule has 15 heavy (non-hydrogen) atoms. The molecule has 1 rings (SSSR count). The molecule has 0 fully saturated rings. The third kappa shape index (κ3) is 5.52. The average Bonchev–Trinajstić information content (AvgIpc) is 2.29. The zero-order chi connectivity index (χ0) is 10.9. The van der Waals surface area contributed by atoms with Gasteiger partial charge in [-0.1, -0.05) is 66.3 Å². The Hall–Kier alpha value is -0.0900. The molecule has 0 amide bonds. The van der Waals surface area contributed by atoms with Gasteiger partial charge < -0.3 is 4.74 Å². The molecule has 0 aliphatic carbocycles. The van der Waals surface area contributed by atoms with Crippen LogP contribution in [0.5, 0.6) is 0 Å². The first kappa shape index (κ1) is 13.0. The van der Waals surface area contributed by atoms with E-state index in [2.05, 4.69) is 53.8 Å². The van der Waals surface area contributed by atoms with Crippen molar-refractivity contribution in [2.45, 2.75) is 26.4 Å². The molecule has 84 valence electrons. The smallest absolute Gasteiger partial charge is 0.0717 e. The van der Waals surface area contributed by atoms with E-state index in [1.165, 1.54) is 22.8 Å². The highest BCUT2D eigenvalue weighted by atomic mass is 127. The number of rotatable bonds is 7. The van der Waals surface area contributed by atoms with E-state index in [1.54, 1.807) is 0 Å². The van der Waals surface area contributed by atoms with Gasteiger partial charge in [0.05, 0.1) is 6.61 Å². The lowest BCUT2D eigenvalue weighted by Gasteiger charge is -2.13. The van der Waals surface area contributed by atoms with Crippen LogP contribution < -0.4 is 0 Å². The topological polar surface area (TPSA) is 9.23 Å². The highest BCUT2D eigenvalue weighted by Gasteiger charge is 2.05. The predicted octanol–water partition coefficient (Wildman–Crippen LogP) is 4.05. The van der Waals surface area contributed by atoms with Crippen LogP contribution >= 0.6 is 22.6 Å². The van der Waals surface area contributed by atoms with Crippen LogP contribution in [0.3, 0.4) is 0 Å². The van der Waals surface area contributed by atoms with E-state index in [1.807, 2.05) is 6.07 Å². The van der Waals surface area contributed by atoms with E-state index >= 15 is 0 Å². The van der Waals surface area contributed by atoms with Crippen LogP contribution in [0.2, 0.25) is 0 Å². The Kier molecular flexibility index (Phi) is 7.01. The Balaban J connectivity index is 2.20. The van der Waals surface area contributed by atoms with Crippen molar-refractivity contribution in [1.29, 1.82) is 0 Å². The molecule has 0 spiro atoms. The van der Waals surface area contributed by atoms with Crippen LogP contribution in [-0.4, -0.2) is 11.0 Å². The van der Waals surface area contributed by atoms with Gasteiger partial charge in [0.1, 0.15) is 0 Å². The van der Waals surface area contributed by atoms with E-state index in [0.29, 0.717) is 0 Å². The molecule has 0 bridgehead atoms. The summed E-state index contributed by atoms with van der Waals surface area (Å²) >= 11 is 2.43. The van der Waals surface area contributed by atoms with Crippen molar-refractivity contribution in [1.82, 2.24) is 0 Å². The van der Waals surface area contributed by atoms with E-state index in [9.17, 15) is 0 Å². The van der Waals surface area contributed by atoms with Crippen molar-refractivity contribution in [3.8, 4) is 0 Å². The summed E-state index contributed by atoms with van der Waals surface area (Å²) in [6.45, 7) is 3.88. The molecule has 1 nitrogen and oxygen atoms in total. The summed E-state index contributed by atoms with van der Waals surface area (Å²) in [6.07, 6.45) is 2.49. The van der Waals surface area contributed by atoms with Gasteiger partial charge in [-0.25, -0.2) is 0 Å². The van der Waals surface area contributed by atoms with Crippen molar-refractivity contribution in [3.05, 3.63) is 35.9 Å². The summed E-state index contributed by atoms with van der Waals surface area (Å²) in [5, 5.41) is 0. The Morgan fingerprint density at radius 3 is 2.60 bits per heavy atom. The van der Waals surface area contributed by atoms with Crippen molar-refractivity contribution in [3.63, 3.8) is 0 Å². The summed E-state index contributed by atoms with van der Waals surface area (Å²) in [5.74, 6) is 0.727. The number of ether oxygens (including phenoxy) is 1. The quantitative estimate of drug-likeness (QED) is 0.544. The minimum Gasteiger partial charge on any atom is -0.376 e. The zero-order valence-electron chi connectivity index (χ0n) is 9.29. The standard InChI is InChI=1S/C13H19IO/c1-2-12(8-9-14)10-15-11-13-6-4-3-5-7-13/h3-7,12H,2,8-11H2,1H3/t12-/m0/s1. The van der Waals surface area contributed by atoms with Gasteiger partial charge in [-0.05, 0) is 22.3 Å². The van der Waals surface area contributed by atoms with Crippen molar-refractivity contribution in [2.24, 2.45) is 5.92 Å². The molecule has 1 aromatic rings. The lowest BCUT2D eigenvalue weighted by molar-refractivity contribution is 0.0849. The third-order valence-electron chi connectivity index (χ3n) is 2.56. The molecule has 2 heteroatoms. The van der Waals surface area contributed by atoms with Gasteiger partial charge in [0.15, 0.2) is 0 Å². The molecular weight excluding hydrogens is 299 g/mol. The number of benzene rings is 1. The number of hydrogen-bond donors (Lipinski definition) is 0. The molecule has 0 aromatic heterocycles. The highest BCUT2D eigenvalue weighted by molar-refractivity contribution is 14.1. The van der Waals surface area contributed by atoms with Crippen molar-refractivity contribution >= 4 is 22.6 Å². The SMILES string of the molecule is CC[C@@H](CCI)COCc1ccccc1. The number of alkyl halides is 1. The van der Waals surface area contributed by atoms with Gasteiger partial charge in [0.25, 0.3) is 0 Å². The van der Waals surface area contributed by atoms with Crippen LogP contribution in [0.15, 0.2) is 30.3 Å². The fourth-order valence-electron chi connectivity index (χ4n) is 1.48. The Morgan fingerprint density at radius 1 is 1.27 bits per heavy atom. The van der Waals surface area contributed by atoms with Gasteiger partial charge in [-0.2, -0.15) is 0 Å². The molecule has 1 atom stereocenters. The molecule has 0 N–H and O–H groups in total. The first-order valence-electron chi connectivity index (χ1n) is 5.54. The average molecular weight is 318 g/mol. The molecule has 0 radical (unpaired) electrons. The maximum absolute atomic E-state index is 5.72. The molecule has 0 saturated carbocycles. The van der Waals surface area contributed by atoms with Gasteiger partial charge in [-0.15, -0.1) is 0 Å². The first-order valence-corrected chi connectivity index (χ1v) is 7.07. The molecule has 0 aliphatic rings. The first-order chi connectivity index (χ1) is 7.36. The van der Waals surface area contributed by atoms with Gasteiger partial charge in [0.2, 0.25) is 0 Å². The molecular formula is C13H19IO. The molecule has 0 aliphatic heterocycles. The fraction of sp³-hybridized carbons (Fsp3) is 0.538. The summed E-state index contributed by atoms with van der Waals surface area (Å²) in [7, 11) is 0. The predicted molar refractivity (Wildman–Crippen MR) is 73.4 cm³/mol. The Bertz CT molecular complexity index is 248. The molecule has 1 aromatic carbocycles. The van der Waals surface area contributed by atoms with Crippen LogP contribution in [0.4, 0.5) is 0 Å². The number of hydrogen-bond acceptors (Lipinski definition) is 1.